The summed E-state index contributed by atoms with van der Waals surface area (Å²) in [5.74, 6) is 1.17. The summed E-state index contributed by atoms with van der Waals surface area (Å²) < 4.78 is 0. The van der Waals surface area contributed by atoms with Crippen LogP contribution in [0.2, 0.25) is 0 Å². The maximum Gasteiger partial charge on any atom is 0.155 e. The fraction of sp³-hybridized carbons (Fsp3) is 0.154. The van der Waals surface area contributed by atoms with Crippen molar-refractivity contribution in [1.29, 1.82) is 0 Å². The van der Waals surface area contributed by atoms with Crippen molar-refractivity contribution in [3.8, 4) is 0 Å². The van der Waals surface area contributed by atoms with Crippen LogP contribution in [0.1, 0.15) is 21.7 Å². The molecule has 1 aromatic carbocycles. The fourth-order valence-corrected chi connectivity index (χ4v) is 1.51. The maximum atomic E-state index is 10.9. The van der Waals surface area contributed by atoms with Crippen molar-refractivity contribution in [2.45, 2.75) is 13.8 Å². The van der Waals surface area contributed by atoms with Gasteiger partial charge in [0.15, 0.2) is 6.29 Å². The Labute approximate surface area is 99.7 Å². The third kappa shape index (κ3) is 2.47. The zero-order valence-corrected chi connectivity index (χ0v) is 9.77. The molecule has 4 heteroatoms. The van der Waals surface area contributed by atoms with Crippen LogP contribution >= 0.6 is 0 Å². The Morgan fingerprint density at radius 2 is 2.00 bits per heavy atom. The molecular weight excluding hydrogens is 214 g/mol. The Balaban J connectivity index is 2.39. The standard InChI is InChI=1S/C13H13N3O/c1-9-5-3-4-6-12(9)16-13-11(8-17)7-14-10(2)15-13/h3-8H,1-2H3,(H,14,15,16). The van der Waals surface area contributed by atoms with Crippen LogP contribution in [0.5, 0.6) is 0 Å². The summed E-state index contributed by atoms with van der Waals surface area (Å²) in [7, 11) is 0. The molecule has 0 unspecified atom stereocenters. The van der Waals surface area contributed by atoms with Crippen molar-refractivity contribution in [3.63, 3.8) is 0 Å². The first-order chi connectivity index (χ1) is 8.20. The predicted octanol–water partition coefficient (Wildman–Crippen LogP) is 2.65. The molecule has 0 spiro atoms. The van der Waals surface area contributed by atoms with E-state index in [0.717, 1.165) is 17.5 Å². The SMILES string of the molecule is Cc1ncc(C=O)c(Nc2ccccc2C)n1. The molecule has 2 aromatic rings. The first-order valence-corrected chi connectivity index (χ1v) is 5.32. The lowest BCUT2D eigenvalue weighted by Crippen LogP contribution is -2.02. The Hall–Kier alpha value is -2.23. The number of rotatable bonds is 3. The molecule has 1 heterocycles. The molecule has 0 saturated heterocycles. The predicted molar refractivity (Wildman–Crippen MR) is 66.6 cm³/mol. The molecule has 1 N–H and O–H groups in total. The number of aryl methyl sites for hydroxylation is 2. The Morgan fingerprint density at radius 1 is 1.24 bits per heavy atom. The van der Waals surface area contributed by atoms with Gasteiger partial charge in [0.25, 0.3) is 0 Å². The minimum atomic E-state index is 0.457. The number of hydrogen-bond acceptors (Lipinski definition) is 4. The van der Waals surface area contributed by atoms with E-state index in [-0.39, 0.29) is 0 Å². The highest BCUT2D eigenvalue weighted by atomic mass is 16.1. The molecule has 0 aliphatic rings. The van der Waals surface area contributed by atoms with Gasteiger partial charge in [0.1, 0.15) is 11.6 Å². The Morgan fingerprint density at radius 3 is 2.71 bits per heavy atom. The highest BCUT2D eigenvalue weighted by Crippen LogP contribution is 2.20. The first kappa shape index (κ1) is 11.3. The highest BCUT2D eigenvalue weighted by Gasteiger charge is 2.06. The number of aromatic nitrogens is 2. The molecule has 0 fully saturated rings. The van der Waals surface area contributed by atoms with E-state index >= 15 is 0 Å². The molecule has 0 atom stereocenters. The summed E-state index contributed by atoms with van der Waals surface area (Å²) in [5.41, 5.74) is 2.49. The summed E-state index contributed by atoms with van der Waals surface area (Å²) in [4.78, 5) is 19.1. The molecule has 0 aliphatic heterocycles. The van der Waals surface area contributed by atoms with E-state index in [4.69, 9.17) is 0 Å². The lowest BCUT2D eigenvalue weighted by molar-refractivity contribution is 0.112. The van der Waals surface area contributed by atoms with Crippen LogP contribution in [0.3, 0.4) is 0 Å². The van der Waals surface area contributed by atoms with Crippen molar-refractivity contribution < 1.29 is 4.79 Å². The summed E-state index contributed by atoms with van der Waals surface area (Å²) in [6.45, 7) is 3.79. The number of anilines is 2. The van der Waals surface area contributed by atoms with Gasteiger partial charge in [0.05, 0.1) is 5.56 Å². The molecule has 2 rings (SSSR count). The fourth-order valence-electron chi connectivity index (χ4n) is 1.51. The van der Waals surface area contributed by atoms with Crippen molar-refractivity contribution in [2.75, 3.05) is 5.32 Å². The van der Waals surface area contributed by atoms with E-state index in [1.165, 1.54) is 6.20 Å². The van der Waals surface area contributed by atoms with Crippen LogP contribution in [-0.2, 0) is 0 Å². The Kier molecular flexibility index (Phi) is 3.14. The smallest absolute Gasteiger partial charge is 0.155 e. The van der Waals surface area contributed by atoms with Crippen LogP contribution in [-0.4, -0.2) is 16.3 Å². The molecule has 86 valence electrons. The van der Waals surface area contributed by atoms with Crippen molar-refractivity contribution in [1.82, 2.24) is 9.97 Å². The lowest BCUT2D eigenvalue weighted by Gasteiger charge is -2.10. The van der Waals surface area contributed by atoms with Gasteiger partial charge in [-0.1, -0.05) is 18.2 Å². The average Bonchev–Trinajstić information content (AvgIpc) is 2.32. The van der Waals surface area contributed by atoms with E-state index in [0.29, 0.717) is 17.2 Å². The number of benzene rings is 1. The van der Waals surface area contributed by atoms with Crippen molar-refractivity contribution >= 4 is 17.8 Å². The van der Waals surface area contributed by atoms with Crippen LogP contribution in [0.4, 0.5) is 11.5 Å². The normalized spacial score (nSPS) is 10.0. The average molecular weight is 227 g/mol. The van der Waals surface area contributed by atoms with Crippen LogP contribution < -0.4 is 5.32 Å². The topological polar surface area (TPSA) is 54.9 Å². The number of nitrogens with zero attached hydrogens (tertiary/aromatic N) is 2. The van der Waals surface area contributed by atoms with Gasteiger partial charge in [-0.25, -0.2) is 9.97 Å². The minimum Gasteiger partial charge on any atom is -0.339 e. The van der Waals surface area contributed by atoms with Gasteiger partial charge in [0, 0.05) is 11.9 Å². The number of aldehydes is 1. The summed E-state index contributed by atoms with van der Waals surface area (Å²) in [6, 6.07) is 7.84. The van der Waals surface area contributed by atoms with Gasteiger partial charge in [-0.3, -0.25) is 4.79 Å². The van der Waals surface area contributed by atoms with E-state index in [2.05, 4.69) is 15.3 Å². The van der Waals surface area contributed by atoms with E-state index in [1.807, 2.05) is 31.2 Å². The Bertz CT molecular complexity index is 552. The zero-order valence-electron chi connectivity index (χ0n) is 9.77. The highest BCUT2D eigenvalue weighted by molar-refractivity contribution is 5.83. The van der Waals surface area contributed by atoms with E-state index in [9.17, 15) is 4.79 Å². The molecule has 0 saturated carbocycles. The zero-order chi connectivity index (χ0) is 12.3. The van der Waals surface area contributed by atoms with Gasteiger partial charge in [-0.05, 0) is 25.5 Å². The second kappa shape index (κ2) is 4.74. The molecule has 0 radical (unpaired) electrons. The molecule has 1 aromatic heterocycles. The summed E-state index contributed by atoms with van der Waals surface area (Å²) in [5, 5.41) is 3.15. The van der Waals surface area contributed by atoms with Crippen molar-refractivity contribution in [2.24, 2.45) is 0 Å². The summed E-state index contributed by atoms with van der Waals surface area (Å²) >= 11 is 0. The molecule has 17 heavy (non-hydrogen) atoms. The van der Waals surface area contributed by atoms with E-state index in [1.54, 1.807) is 6.92 Å². The lowest BCUT2D eigenvalue weighted by atomic mass is 10.2. The monoisotopic (exact) mass is 227 g/mol. The van der Waals surface area contributed by atoms with Crippen LogP contribution in [0.25, 0.3) is 0 Å². The van der Waals surface area contributed by atoms with Crippen LogP contribution in [0, 0.1) is 13.8 Å². The molecule has 0 bridgehead atoms. The minimum absolute atomic E-state index is 0.457. The number of carbonyl (C=O) groups excluding carboxylic acids is 1. The molecule has 4 nitrogen and oxygen atoms in total. The largest absolute Gasteiger partial charge is 0.339 e. The second-order valence-corrected chi connectivity index (χ2v) is 3.78. The number of nitrogens with one attached hydrogen (secondary N) is 1. The van der Waals surface area contributed by atoms with Crippen LogP contribution in [0.15, 0.2) is 30.5 Å². The molecule has 0 amide bonds. The van der Waals surface area contributed by atoms with Gasteiger partial charge in [-0.2, -0.15) is 0 Å². The third-order valence-electron chi connectivity index (χ3n) is 2.46. The van der Waals surface area contributed by atoms with Crippen molar-refractivity contribution in [3.05, 3.63) is 47.4 Å². The number of carbonyl (C=O) groups is 1. The van der Waals surface area contributed by atoms with Gasteiger partial charge < -0.3 is 5.32 Å². The molecular formula is C13H13N3O. The van der Waals surface area contributed by atoms with Gasteiger partial charge >= 0.3 is 0 Å². The summed E-state index contributed by atoms with van der Waals surface area (Å²) in [6.07, 6.45) is 2.27. The van der Waals surface area contributed by atoms with Gasteiger partial charge in [-0.15, -0.1) is 0 Å². The maximum absolute atomic E-state index is 10.9. The number of hydrogen-bond donors (Lipinski definition) is 1. The number of para-hydroxylation sites is 1. The quantitative estimate of drug-likeness (QED) is 0.819. The third-order valence-corrected chi connectivity index (χ3v) is 2.46. The molecule has 0 aliphatic carbocycles. The first-order valence-electron chi connectivity index (χ1n) is 5.32. The second-order valence-electron chi connectivity index (χ2n) is 3.78. The van der Waals surface area contributed by atoms with Gasteiger partial charge in [0.2, 0.25) is 0 Å². The van der Waals surface area contributed by atoms with E-state index < -0.39 is 0 Å².